The van der Waals surface area contributed by atoms with Crippen molar-refractivity contribution in [3.63, 3.8) is 0 Å². The molecule has 2 heterocycles. The molecule has 0 radical (unpaired) electrons. The first kappa shape index (κ1) is 21.4. The first-order valence-corrected chi connectivity index (χ1v) is 11.9. The highest BCUT2D eigenvalue weighted by atomic mass is 32.2. The molecule has 1 N–H and O–H groups in total. The Morgan fingerprint density at radius 3 is 2.74 bits per heavy atom. The molecule has 1 amide bonds. The molecule has 7 nitrogen and oxygen atoms in total. The number of rotatable bonds is 9. The molecule has 1 fully saturated rings. The predicted molar refractivity (Wildman–Crippen MR) is 121 cm³/mol. The number of thioether (sulfide) groups is 1. The fraction of sp³-hybridized carbons (Fsp3) is 0.391. The lowest BCUT2D eigenvalue weighted by molar-refractivity contribution is 0.0950. The van der Waals surface area contributed by atoms with E-state index in [2.05, 4.69) is 25.1 Å². The van der Waals surface area contributed by atoms with Gasteiger partial charge in [0.05, 0.1) is 0 Å². The number of amides is 1. The summed E-state index contributed by atoms with van der Waals surface area (Å²) in [6.07, 6.45) is 10.2. The largest absolute Gasteiger partial charge is 0.438 e. The molecule has 162 valence electrons. The summed E-state index contributed by atoms with van der Waals surface area (Å²) in [6, 6.07) is 13.3. The number of nitrogens with one attached hydrogen (secondary N) is 1. The zero-order valence-electron chi connectivity index (χ0n) is 17.7. The molecule has 1 saturated carbocycles. The van der Waals surface area contributed by atoms with E-state index < -0.39 is 0 Å². The first-order chi connectivity index (χ1) is 15.3. The molecule has 8 heteroatoms. The summed E-state index contributed by atoms with van der Waals surface area (Å²) in [6.45, 7) is 0.546. The van der Waals surface area contributed by atoms with Crippen LogP contribution < -0.4 is 10.1 Å². The quantitative estimate of drug-likeness (QED) is 0.387. The zero-order chi connectivity index (χ0) is 21.5. The molecule has 2 aromatic heterocycles. The van der Waals surface area contributed by atoms with Crippen LogP contribution in [0.15, 0.2) is 53.8 Å². The van der Waals surface area contributed by atoms with Crippen LogP contribution in [-0.2, 0) is 6.42 Å². The van der Waals surface area contributed by atoms with Gasteiger partial charge in [-0.3, -0.25) is 4.79 Å². The van der Waals surface area contributed by atoms with Crippen molar-refractivity contribution in [2.45, 2.75) is 49.7 Å². The molecule has 1 aliphatic carbocycles. The zero-order valence-corrected chi connectivity index (χ0v) is 18.5. The number of hydrogen-bond donors (Lipinski definition) is 1. The molecule has 4 rings (SSSR count). The topological polar surface area (TPSA) is 81.9 Å². The van der Waals surface area contributed by atoms with Crippen molar-refractivity contribution in [2.24, 2.45) is 0 Å². The van der Waals surface area contributed by atoms with Gasteiger partial charge in [0, 0.05) is 25.2 Å². The maximum atomic E-state index is 12.7. The number of pyridine rings is 1. The Morgan fingerprint density at radius 2 is 1.97 bits per heavy atom. The van der Waals surface area contributed by atoms with Gasteiger partial charge >= 0.3 is 0 Å². The highest BCUT2D eigenvalue weighted by Crippen LogP contribution is 2.33. The van der Waals surface area contributed by atoms with Crippen molar-refractivity contribution in [2.75, 3.05) is 12.8 Å². The third kappa shape index (κ3) is 5.25. The Bertz CT molecular complexity index is 1000. The van der Waals surface area contributed by atoms with Gasteiger partial charge in [-0.05, 0) is 49.8 Å². The maximum absolute atomic E-state index is 12.7. The molecule has 0 spiro atoms. The van der Waals surface area contributed by atoms with Crippen LogP contribution in [0.1, 0.15) is 54.3 Å². The number of carbonyl (C=O) groups excluding carboxylic acids is 1. The van der Waals surface area contributed by atoms with Gasteiger partial charge in [0.1, 0.15) is 17.1 Å². The number of benzene rings is 1. The van der Waals surface area contributed by atoms with E-state index in [4.69, 9.17) is 4.74 Å². The molecule has 0 aliphatic heterocycles. The Kier molecular flexibility index (Phi) is 7.19. The number of aromatic nitrogens is 4. The lowest BCUT2D eigenvalue weighted by Crippen LogP contribution is -2.25. The summed E-state index contributed by atoms with van der Waals surface area (Å²) < 4.78 is 8.11. The molecular formula is C23H27N5O2S. The third-order valence-electron chi connectivity index (χ3n) is 5.44. The summed E-state index contributed by atoms with van der Waals surface area (Å²) in [5.41, 5.74) is 0.421. The van der Waals surface area contributed by atoms with Crippen molar-refractivity contribution in [1.82, 2.24) is 25.1 Å². The van der Waals surface area contributed by atoms with Crippen LogP contribution in [0.25, 0.3) is 0 Å². The van der Waals surface area contributed by atoms with Gasteiger partial charge in [0.2, 0.25) is 5.88 Å². The predicted octanol–water partition coefficient (Wildman–Crippen LogP) is 4.67. The first-order valence-electron chi connectivity index (χ1n) is 10.7. The normalized spacial score (nSPS) is 14.0. The van der Waals surface area contributed by atoms with E-state index in [1.54, 1.807) is 30.1 Å². The van der Waals surface area contributed by atoms with Crippen molar-refractivity contribution < 1.29 is 9.53 Å². The van der Waals surface area contributed by atoms with Crippen molar-refractivity contribution >= 4 is 17.7 Å². The van der Waals surface area contributed by atoms with Crippen LogP contribution in [0.3, 0.4) is 0 Å². The highest BCUT2D eigenvalue weighted by molar-refractivity contribution is 7.98. The lowest BCUT2D eigenvalue weighted by atomic mass is 10.2. The van der Waals surface area contributed by atoms with Crippen molar-refractivity contribution in [3.05, 3.63) is 60.0 Å². The lowest BCUT2D eigenvalue weighted by Gasteiger charge is -2.16. The standard InChI is InChI=1S/C23H27N5O2S/c1-31-23-27-26-20(28(23)17-9-5-6-10-17)14-8-15-24-21(29)19-13-7-16-25-22(19)30-18-11-3-2-4-12-18/h2-4,7,11-13,16-17H,5-6,8-10,14-15H2,1H3,(H,24,29). The number of carbonyl (C=O) groups is 1. The van der Waals surface area contributed by atoms with Crippen LogP contribution >= 0.6 is 11.8 Å². The van der Waals surface area contributed by atoms with Crippen molar-refractivity contribution in [3.8, 4) is 11.6 Å². The van der Waals surface area contributed by atoms with Crippen LogP contribution in [0.5, 0.6) is 11.6 Å². The molecule has 0 bridgehead atoms. The molecule has 0 unspecified atom stereocenters. The SMILES string of the molecule is CSc1nnc(CCCNC(=O)c2cccnc2Oc2ccccc2)n1C1CCCC1. The Hall–Kier alpha value is -2.87. The van der Waals surface area contributed by atoms with Crippen LogP contribution in [0.2, 0.25) is 0 Å². The second kappa shape index (κ2) is 10.4. The average Bonchev–Trinajstić information content (AvgIpc) is 3.47. The molecule has 1 aliphatic rings. The van der Waals surface area contributed by atoms with Crippen molar-refractivity contribution in [1.29, 1.82) is 0 Å². The fourth-order valence-corrected chi connectivity index (χ4v) is 4.51. The number of ether oxygens (including phenoxy) is 1. The minimum absolute atomic E-state index is 0.193. The Balaban J connectivity index is 1.34. The van der Waals surface area contributed by atoms with Gasteiger partial charge in [0.15, 0.2) is 5.16 Å². The maximum Gasteiger partial charge on any atom is 0.256 e. The van der Waals surface area contributed by atoms with E-state index in [0.29, 0.717) is 29.8 Å². The van der Waals surface area contributed by atoms with E-state index in [1.807, 2.05) is 36.6 Å². The van der Waals surface area contributed by atoms with Gasteiger partial charge < -0.3 is 14.6 Å². The third-order valence-corrected chi connectivity index (χ3v) is 6.09. The van der Waals surface area contributed by atoms with E-state index in [1.165, 1.54) is 25.7 Å². The Morgan fingerprint density at radius 1 is 1.16 bits per heavy atom. The second-order valence-corrected chi connectivity index (χ2v) is 8.32. The monoisotopic (exact) mass is 437 g/mol. The Labute approximate surface area is 186 Å². The number of nitrogens with zero attached hydrogens (tertiary/aromatic N) is 4. The summed E-state index contributed by atoms with van der Waals surface area (Å²) in [5, 5.41) is 12.7. The summed E-state index contributed by atoms with van der Waals surface area (Å²) in [7, 11) is 0. The summed E-state index contributed by atoms with van der Waals surface area (Å²) in [5.74, 6) is 1.77. The van der Waals surface area contributed by atoms with Gasteiger partial charge in [0.25, 0.3) is 5.91 Å². The van der Waals surface area contributed by atoms with Crippen LogP contribution in [0.4, 0.5) is 0 Å². The summed E-state index contributed by atoms with van der Waals surface area (Å²) >= 11 is 1.65. The van der Waals surface area contributed by atoms with E-state index in [9.17, 15) is 4.79 Å². The van der Waals surface area contributed by atoms with E-state index in [-0.39, 0.29) is 5.91 Å². The molecular weight excluding hydrogens is 410 g/mol. The van der Waals surface area contributed by atoms with Gasteiger partial charge in [-0.25, -0.2) is 4.98 Å². The van der Waals surface area contributed by atoms with Gasteiger partial charge in [-0.15, -0.1) is 10.2 Å². The van der Waals surface area contributed by atoms with E-state index in [0.717, 1.165) is 23.8 Å². The highest BCUT2D eigenvalue weighted by Gasteiger charge is 2.23. The van der Waals surface area contributed by atoms with E-state index >= 15 is 0 Å². The fourth-order valence-electron chi connectivity index (χ4n) is 3.94. The summed E-state index contributed by atoms with van der Waals surface area (Å²) in [4.78, 5) is 17.0. The number of hydrogen-bond acceptors (Lipinski definition) is 6. The average molecular weight is 438 g/mol. The number of para-hydroxylation sites is 1. The molecule has 1 aromatic carbocycles. The molecule has 0 saturated heterocycles. The molecule has 0 atom stereocenters. The number of aryl methyl sites for hydroxylation is 1. The second-order valence-electron chi connectivity index (χ2n) is 7.54. The van der Waals surface area contributed by atoms with Crippen LogP contribution in [0, 0.1) is 0 Å². The minimum atomic E-state index is -0.193. The molecule has 3 aromatic rings. The van der Waals surface area contributed by atoms with Gasteiger partial charge in [-0.2, -0.15) is 0 Å². The smallest absolute Gasteiger partial charge is 0.256 e. The van der Waals surface area contributed by atoms with Gasteiger partial charge in [-0.1, -0.05) is 42.8 Å². The van der Waals surface area contributed by atoms with Crippen LogP contribution in [-0.4, -0.2) is 38.5 Å². The minimum Gasteiger partial charge on any atom is -0.438 e. The molecule has 31 heavy (non-hydrogen) atoms.